The van der Waals surface area contributed by atoms with Gasteiger partial charge in [-0.15, -0.1) is 0 Å². The van der Waals surface area contributed by atoms with Crippen molar-refractivity contribution in [1.82, 2.24) is 9.55 Å². The number of nitrogens with one attached hydrogen (secondary N) is 2. The van der Waals surface area contributed by atoms with Gasteiger partial charge in [0.05, 0.1) is 21.3 Å². The number of rotatable bonds is 4. The first-order chi connectivity index (χ1) is 13.9. The largest absolute Gasteiger partial charge is 0.342 e. The molecule has 1 aliphatic carbocycles. The first kappa shape index (κ1) is 20.7. The summed E-state index contributed by atoms with van der Waals surface area (Å²) in [6.07, 6.45) is 8.46. The van der Waals surface area contributed by atoms with E-state index in [1.807, 2.05) is 12.1 Å². The van der Waals surface area contributed by atoms with Gasteiger partial charge in [0.2, 0.25) is 5.95 Å². The Bertz CT molecular complexity index is 983. The van der Waals surface area contributed by atoms with Crippen molar-refractivity contribution in [3.05, 3.63) is 39.9 Å². The second-order valence-corrected chi connectivity index (χ2v) is 9.64. The van der Waals surface area contributed by atoms with Crippen molar-refractivity contribution >= 4 is 47.3 Å². The molecule has 2 fully saturated rings. The molecule has 6 nitrogen and oxygen atoms in total. The zero-order valence-electron chi connectivity index (χ0n) is 16.0. The van der Waals surface area contributed by atoms with E-state index in [0.29, 0.717) is 26.9 Å². The minimum Gasteiger partial charge on any atom is -0.342 e. The Balaban J connectivity index is 1.58. The summed E-state index contributed by atoms with van der Waals surface area (Å²) in [4.78, 5) is 8.15. The molecule has 0 bridgehead atoms. The maximum atomic E-state index is 8.60. The normalized spacial score (nSPS) is 20.9. The summed E-state index contributed by atoms with van der Waals surface area (Å²) in [6, 6.07) is 5.70. The monoisotopic (exact) mass is 450 g/mol. The summed E-state index contributed by atoms with van der Waals surface area (Å²) in [6.45, 7) is 1.70. The molecule has 2 aliphatic rings. The van der Waals surface area contributed by atoms with Gasteiger partial charge in [0.1, 0.15) is 5.49 Å². The highest BCUT2D eigenvalue weighted by Gasteiger charge is 2.43. The maximum Gasteiger partial charge on any atom is 0.212 e. The van der Waals surface area contributed by atoms with Gasteiger partial charge in [-0.1, -0.05) is 47.5 Å². The van der Waals surface area contributed by atoms with E-state index < -0.39 is 0 Å². The predicted molar refractivity (Wildman–Crippen MR) is 119 cm³/mol. The van der Waals surface area contributed by atoms with Crippen LogP contribution in [0.3, 0.4) is 0 Å². The number of hydrogen-bond donors (Lipinski definition) is 3. The van der Waals surface area contributed by atoms with Crippen LogP contribution in [0.5, 0.6) is 0 Å². The molecule has 1 atom stereocenters. The van der Waals surface area contributed by atoms with E-state index in [4.69, 9.17) is 39.8 Å². The topological polar surface area (TPSA) is 94.8 Å². The molecule has 0 unspecified atom stereocenters. The molecular formula is C20H24Cl2N6S. The lowest BCUT2D eigenvalue weighted by Crippen LogP contribution is -2.48. The van der Waals surface area contributed by atoms with Crippen LogP contribution < -0.4 is 16.1 Å². The van der Waals surface area contributed by atoms with Crippen LogP contribution >= 0.6 is 35.0 Å². The molecule has 1 aliphatic heterocycles. The third kappa shape index (κ3) is 3.81. The van der Waals surface area contributed by atoms with Crippen LogP contribution in [-0.4, -0.2) is 35.0 Å². The van der Waals surface area contributed by atoms with Crippen molar-refractivity contribution in [2.24, 2.45) is 11.1 Å². The molecule has 2 aromatic rings. The van der Waals surface area contributed by atoms with Gasteiger partial charge in [0.25, 0.3) is 0 Å². The van der Waals surface area contributed by atoms with E-state index in [-0.39, 0.29) is 10.9 Å². The molecule has 1 spiro atoms. The van der Waals surface area contributed by atoms with Crippen molar-refractivity contribution < 1.29 is 0 Å². The number of nitrogens with two attached hydrogens (primary N) is 1. The van der Waals surface area contributed by atoms with Gasteiger partial charge in [0.15, 0.2) is 0 Å². The number of benzene rings is 1. The van der Waals surface area contributed by atoms with Crippen LogP contribution in [0, 0.1) is 16.2 Å². The third-order valence-electron chi connectivity index (χ3n) is 6.27. The van der Waals surface area contributed by atoms with E-state index in [1.54, 1.807) is 12.3 Å². The van der Waals surface area contributed by atoms with Gasteiger partial charge in [-0.25, -0.2) is 4.98 Å². The summed E-state index contributed by atoms with van der Waals surface area (Å²) in [5.74, 6) is 0.632. The molecule has 0 radical (unpaired) electrons. The number of piperidine rings is 1. The number of hydrogen-bond acceptors (Lipinski definition) is 6. The standard InChI is InChI=1S/C20H24Cl2N6S/c21-13-3-1-4-14(17(13)22)29-15-11-26-19(28(12-23)18(15)25)27-9-7-20(8-10-27)6-2-5-16(20)24/h1,3-4,11-12,16,23,25H,2,5-10,24H2/t16-/m1/s1. The minimum atomic E-state index is 0.212. The van der Waals surface area contributed by atoms with E-state index in [9.17, 15) is 0 Å². The van der Waals surface area contributed by atoms with Gasteiger partial charge >= 0.3 is 0 Å². The van der Waals surface area contributed by atoms with Crippen molar-refractivity contribution in [3.63, 3.8) is 0 Å². The van der Waals surface area contributed by atoms with Crippen molar-refractivity contribution in [1.29, 1.82) is 10.8 Å². The van der Waals surface area contributed by atoms with Crippen molar-refractivity contribution in [2.45, 2.75) is 47.9 Å². The lowest BCUT2D eigenvalue weighted by Gasteiger charge is -2.42. The van der Waals surface area contributed by atoms with E-state index in [1.165, 1.54) is 29.2 Å². The summed E-state index contributed by atoms with van der Waals surface area (Å²) in [5, 5.41) is 17.4. The molecule has 9 heteroatoms. The minimum absolute atomic E-state index is 0.212. The maximum absolute atomic E-state index is 8.60. The Labute approximate surface area is 184 Å². The van der Waals surface area contributed by atoms with Crippen LogP contribution in [0.15, 0.2) is 34.2 Å². The average Bonchev–Trinajstić information content (AvgIpc) is 3.07. The van der Waals surface area contributed by atoms with Crippen LogP contribution in [0.1, 0.15) is 32.1 Å². The smallest absolute Gasteiger partial charge is 0.212 e. The number of aromatic nitrogens is 2. The van der Waals surface area contributed by atoms with Crippen LogP contribution in [0.2, 0.25) is 10.0 Å². The quantitative estimate of drug-likeness (QED) is 0.475. The number of anilines is 1. The first-order valence-electron chi connectivity index (χ1n) is 9.74. The highest BCUT2D eigenvalue weighted by atomic mass is 35.5. The molecular weight excluding hydrogens is 427 g/mol. The fourth-order valence-corrected chi connectivity index (χ4v) is 5.86. The van der Waals surface area contributed by atoms with Crippen LogP contribution in [0.4, 0.5) is 5.95 Å². The molecule has 4 rings (SSSR count). The first-order valence-corrected chi connectivity index (χ1v) is 11.3. The van der Waals surface area contributed by atoms with Gasteiger partial charge < -0.3 is 10.6 Å². The lowest BCUT2D eigenvalue weighted by molar-refractivity contribution is 0.196. The Hall–Kier alpha value is -1.54. The fraction of sp³-hybridized carbons (Fsp3) is 0.450. The number of nitrogens with zero attached hydrogens (tertiary/aromatic N) is 3. The number of halogens is 2. The highest BCUT2D eigenvalue weighted by molar-refractivity contribution is 7.99. The second kappa shape index (κ2) is 8.30. The average molecular weight is 451 g/mol. The molecule has 0 amide bonds. The molecule has 1 saturated heterocycles. The van der Waals surface area contributed by atoms with Crippen LogP contribution in [-0.2, 0) is 0 Å². The molecule has 1 aromatic carbocycles. The second-order valence-electron chi connectivity index (χ2n) is 7.77. The van der Waals surface area contributed by atoms with Gasteiger partial charge in [0, 0.05) is 30.2 Å². The van der Waals surface area contributed by atoms with Gasteiger partial charge in [-0.05, 0) is 43.2 Å². The molecule has 1 saturated carbocycles. The molecule has 4 N–H and O–H groups in total. The van der Waals surface area contributed by atoms with E-state index in [2.05, 4.69) is 9.88 Å². The van der Waals surface area contributed by atoms with E-state index in [0.717, 1.165) is 43.6 Å². The Morgan fingerprint density at radius 2 is 1.97 bits per heavy atom. The van der Waals surface area contributed by atoms with E-state index >= 15 is 0 Å². The fourth-order valence-electron chi connectivity index (χ4n) is 4.51. The zero-order chi connectivity index (χ0) is 20.6. The third-order valence-corrected chi connectivity index (χ3v) is 8.28. The summed E-state index contributed by atoms with van der Waals surface area (Å²) >= 11 is 13.7. The summed E-state index contributed by atoms with van der Waals surface area (Å²) in [5.41, 5.74) is 6.87. The lowest BCUT2D eigenvalue weighted by atomic mass is 9.74. The van der Waals surface area contributed by atoms with Gasteiger partial charge in [-0.3, -0.25) is 15.4 Å². The SMILES string of the molecule is N=Cn1c(N2CCC3(CCC[C@H]3N)CC2)ncc(Sc2cccc(Cl)c2Cl)c1=N. The Kier molecular flexibility index (Phi) is 5.93. The van der Waals surface area contributed by atoms with Crippen LogP contribution in [0.25, 0.3) is 0 Å². The zero-order valence-corrected chi connectivity index (χ0v) is 18.3. The van der Waals surface area contributed by atoms with Gasteiger partial charge in [-0.2, -0.15) is 0 Å². The summed E-state index contributed by atoms with van der Waals surface area (Å²) in [7, 11) is 0. The Morgan fingerprint density at radius 3 is 2.62 bits per heavy atom. The Morgan fingerprint density at radius 1 is 1.21 bits per heavy atom. The molecule has 1 aromatic heterocycles. The highest BCUT2D eigenvalue weighted by Crippen LogP contribution is 2.45. The molecule has 154 valence electrons. The molecule has 29 heavy (non-hydrogen) atoms. The summed E-state index contributed by atoms with van der Waals surface area (Å²) < 4.78 is 1.52. The van der Waals surface area contributed by atoms with Crippen molar-refractivity contribution in [2.75, 3.05) is 18.0 Å². The predicted octanol–water partition coefficient (Wildman–Crippen LogP) is 4.37. The van der Waals surface area contributed by atoms with Crippen molar-refractivity contribution in [3.8, 4) is 0 Å². The molecule has 2 heterocycles.